The first-order chi connectivity index (χ1) is 8.61. The fraction of sp³-hybridized carbons (Fsp3) is 0.250. The zero-order valence-corrected chi connectivity index (χ0v) is 10.1. The largest absolute Gasteiger partial charge is 0.461 e. The molecule has 1 aromatic carbocycles. The van der Waals surface area contributed by atoms with Gasteiger partial charge in [0.15, 0.2) is 5.69 Å². The van der Waals surface area contributed by atoms with Gasteiger partial charge in [-0.1, -0.05) is 11.3 Å². The molecule has 0 N–H and O–H groups in total. The molecular weight excluding hydrogens is 237 g/mol. The van der Waals surface area contributed by atoms with Crippen LogP contribution in [-0.2, 0) is 4.74 Å². The van der Waals surface area contributed by atoms with Gasteiger partial charge >= 0.3 is 5.97 Å². The van der Waals surface area contributed by atoms with Gasteiger partial charge in [-0.15, -0.1) is 5.10 Å². The van der Waals surface area contributed by atoms with Crippen LogP contribution in [0, 0.1) is 12.7 Å². The summed E-state index contributed by atoms with van der Waals surface area (Å²) in [5.74, 6) is -1.00. The Bertz CT molecular complexity index is 580. The van der Waals surface area contributed by atoms with Crippen molar-refractivity contribution in [3.63, 3.8) is 0 Å². The number of carbonyl (C=O) groups is 1. The molecule has 18 heavy (non-hydrogen) atoms. The molecule has 0 saturated heterocycles. The van der Waals surface area contributed by atoms with Gasteiger partial charge in [0.25, 0.3) is 0 Å². The summed E-state index contributed by atoms with van der Waals surface area (Å²) in [5.41, 5.74) is 1.19. The lowest BCUT2D eigenvalue weighted by molar-refractivity contribution is 0.0519. The van der Waals surface area contributed by atoms with E-state index in [1.54, 1.807) is 19.1 Å². The topological polar surface area (TPSA) is 57.0 Å². The van der Waals surface area contributed by atoms with Crippen LogP contribution in [0.3, 0.4) is 0 Å². The van der Waals surface area contributed by atoms with Gasteiger partial charge in [-0.3, -0.25) is 0 Å². The van der Waals surface area contributed by atoms with Crippen molar-refractivity contribution in [1.29, 1.82) is 0 Å². The van der Waals surface area contributed by atoms with Crippen LogP contribution >= 0.6 is 0 Å². The molecule has 0 aliphatic carbocycles. The second kappa shape index (κ2) is 4.95. The number of halogens is 1. The summed E-state index contributed by atoms with van der Waals surface area (Å²) in [6.45, 7) is 3.79. The summed E-state index contributed by atoms with van der Waals surface area (Å²) in [6, 6.07) is 4.62. The molecule has 0 radical (unpaired) electrons. The molecule has 1 heterocycles. The summed E-state index contributed by atoms with van der Waals surface area (Å²) in [5, 5.41) is 7.37. The molecule has 94 valence electrons. The molecule has 0 amide bonds. The van der Waals surface area contributed by atoms with Crippen molar-refractivity contribution >= 4 is 5.97 Å². The van der Waals surface area contributed by atoms with E-state index in [1.807, 2.05) is 6.92 Å². The van der Waals surface area contributed by atoms with Crippen molar-refractivity contribution < 1.29 is 13.9 Å². The first-order valence-corrected chi connectivity index (χ1v) is 5.48. The Balaban J connectivity index is 2.35. The third kappa shape index (κ3) is 2.37. The van der Waals surface area contributed by atoms with Gasteiger partial charge in [0.1, 0.15) is 11.5 Å². The summed E-state index contributed by atoms with van der Waals surface area (Å²) >= 11 is 0. The van der Waals surface area contributed by atoms with Gasteiger partial charge in [0, 0.05) is 0 Å². The number of aryl methyl sites for hydroxylation is 1. The van der Waals surface area contributed by atoms with Crippen molar-refractivity contribution in [2.75, 3.05) is 6.61 Å². The van der Waals surface area contributed by atoms with Crippen molar-refractivity contribution in [1.82, 2.24) is 15.0 Å². The number of hydrogen-bond acceptors (Lipinski definition) is 4. The standard InChI is InChI=1S/C12H12FN3O2/c1-3-18-12(17)10-7-16(15-14-10)11-6-8(2)4-5-9(11)13/h4-7H,3H2,1-2H3. The Labute approximate surface area is 103 Å². The van der Waals surface area contributed by atoms with Gasteiger partial charge in [-0.05, 0) is 31.5 Å². The highest BCUT2D eigenvalue weighted by molar-refractivity contribution is 5.86. The Morgan fingerprint density at radius 1 is 1.50 bits per heavy atom. The highest BCUT2D eigenvalue weighted by Crippen LogP contribution is 2.14. The minimum absolute atomic E-state index is 0.0535. The van der Waals surface area contributed by atoms with E-state index >= 15 is 0 Å². The number of ether oxygens (including phenoxy) is 1. The second-order valence-corrected chi connectivity index (χ2v) is 3.72. The number of carbonyl (C=O) groups excluding carboxylic acids is 1. The monoisotopic (exact) mass is 249 g/mol. The Morgan fingerprint density at radius 3 is 3.00 bits per heavy atom. The van der Waals surface area contributed by atoms with Crippen molar-refractivity contribution in [3.8, 4) is 5.69 Å². The van der Waals surface area contributed by atoms with Crippen LogP contribution in [0.25, 0.3) is 5.69 Å². The lowest BCUT2D eigenvalue weighted by atomic mass is 10.2. The molecule has 1 aromatic heterocycles. The van der Waals surface area contributed by atoms with Crippen molar-refractivity contribution in [3.05, 3.63) is 41.5 Å². The predicted molar refractivity (Wildman–Crippen MR) is 62.0 cm³/mol. The van der Waals surface area contributed by atoms with Crippen molar-refractivity contribution in [2.24, 2.45) is 0 Å². The molecule has 0 fully saturated rings. The van der Waals surface area contributed by atoms with Gasteiger partial charge in [0.2, 0.25) is 0 Å². The molecular formula is C12H12FN3O2. The average Bonchev–Trinajstić information content (AvgIpc) is 2.82. The Morgan fingerprint density at radius 2 is 2.28 bits per heavy atom. The van der Waals surface area contributed by atoms with Gasteiger partial charge in [-0.2, -0.15) is 0 Å². The fourth-order valence-electron chi connectivity index (χ4n) is 1.48. The van der Waals surface area contributed by atoms with Crippen LogP contribution in [0.4, 0.5) is 4.39 Å². The molecule has 0 bridgehead atoms. The first kappa shape index (κ1) is 12.2. The second-order valence-electron chi connectivity index (χ2n) is 3.72. The first-order valence-electron chi connectivity index (χ1n) is 5.48. The van der Waals surface area contributed by atoms with E-state index in [1.165, 1.54) is 16.9 Å². The molecule has 0 aliphatic heterocycles. The predicted octanol–water partition coefficient (Wildman–Crippen LogP) is 1.89. The number of nitrogens with zero attached hydrogens (tertiary/aromatic N) is 3. The normalized spacial score (nSPS) is 10.4. The number of aromatic nitrogens is 3. The molecule has 0 saturated carbocycles. The molecule has 0 spiro atoms. The van der Waals surface area contributed by atoms with E-state index < -0.39 is 11.8 Å². The summed E-state index contributed by atoms with van der Waals surface area (Å²) < 4.78 is 19.6. The molecule has 0 atom stereocenters. The van der Waals surface area contributed by atoms with E-state index in [0.717, 1.165) is 5.56 Å². The highest BCUT2D eigenvalue weighted by atomic mass is 19.1. The highest BCUT2D eigenvalue weighted by Gasteiger charge is 2.14. The summed E-state index contributed by atoms with van der Waals surface area (Å²) in [7, 11) is 0. The third-order valence-electron chi connectivity index (χ3n) is 2.33. The maximum Gasteiger partial charge on any atom is 0.360 e. The molecule has 2 rings (SSSR count). The van der Waals surface area contributed by atoms with E-state index in [0.29, 0.717) is 0 Å². The van der Waals surface area contributed by atoms with Crippen LogP contribution < -0.4 is 0 Å². The molecule has 6 heteroatoms. The molecule has 5 nitrogen and oxygen atoms in total. The number of hydrogen-bond donors (Lipinski definition) is 0. The van der Waals surface area contributed by atoms with E-state index in [-0.39, 0.29) is 18.0 Å². The maximum absolute atomic E-state index is 13.6. The van der Waals surface area contributed by atoms with E-state index in [9.17, 15) is 9.18 Å². The average molecular weight is 249 g/mol. The van der Waals surface area contributed by atoms with E-state index in [2.05, 4.69) is 10.3 Å². The zero-order valence-electron chi connectivity index (χ0n) is 10.1. The zero-order chi connectivity index (χ0) is 13.1. The number of benzene rings is 1. The van der Waals surface area contributed by atoms with Crippen LogP contribution in [0.1, 0.15) is 23.0 Å². The smallest absolute Gasteiger partial charge is 0.360 e. The molecule has 0 aliphatic rings. The SMILES string of the molecule is CCOC(=O)c1cn(-c2cc(C)ccc2F)nn1. The van der Waals surface area contributed by atoms with Crippen LogP contribution in [0.5, 0.6) is 0 Å². The van der Waals surface area contributed by atoms with Crippen LogP contribution in [0.2, 0.25) is 0 Å². The quantitative estimate of drug-likeness (QED) is 0.779. The van der Waals surface area contributed by atoms with E-state index in [4.69, 9.17) is 4.74 Å². The Kier molecular flexibility index (Phi) is 3.36. The number of esters is 1. The lowest BCUT2D eigenvalue weighted by Gasteiger charge is -2.02. The summed E-state index contributed by atoms with van der Waals surface area (Å²) in [6.07, 6.45) is 1.34. The Hall–Kier alpha value is -2.24. The number of rotatable bonds is 3. The fourth-order valence-corrected chi connectivity index (χ4v) is 1.48. The molecule has 0 unspecified atom stereocenters. The van der Waals surface area contributed by atoms with Crippen LogP contribution in [-0.4, -0.2) is 27.6 Å². The lowest BCUT2D eigenvalue weighted by Crippen LogP contribution is -2.04. The third-order valence-corrected chi connectivity index (χ3v) is 2.33. The summed E-state index contributed by atoms with van der Waals surface area (Å²) in [4.78, 5) is 11.4. The molecule has 2 aromatic rings. The van der Waals surface area contributed by atoms with Gasteiger partial charge in [0.05, 0.1) is 12.8 Å². The van der Waals surface area contributed by atoms with Gasteiger partial charge in [-0.25, -0.2) is 13.9 Å². The maximum atomic E-state index is 13.6. The minimum Gasteiger partial charge on any atom is -0.461 e. The van der Waals surface area contributed by atoms with Crippen LogP contribution in [0.15, 0.2) is 24.4 Å². The minimum atomic E-state index is -0.572. The van der Waals surface area contributed by atoms with Gasteiger partial charge < -0.3 is 4.74 Å². The van der Waals surface area contributed by atoms with Crippen molar-refractivity contribution in [2.45, 2.75) is 13.8 Å².